The summed E-state index contributed by atoms with van der Waals surface area (Å²) in [7, 11) is -2.17. The molecular weight excluding hydrogens is 363 g/mol. The highest BCUT2D eigenvalue weighted by molar-refractivity contribution is 6.30. The van der Waals surface area contributed by atoms with Crippen LogP contribution in [0.3, 0.4) is 0 Å². The molecule has 0 aliphatic heterocycles. The van der Waals surface area contributed by atoms with Crippen LogP contribution in [-0.4, -0.2) is 99.1 Å². The molecule has 0 amide bonds. The molecule has 0 heterocycles. The quantitative estimate of drug-likeness (QED) is 0.214. The zero-order chi connectivity index (χ0) is 21.4. The predicted octanol–water partition coefficient (Wildman–Crippen LogP) is -2.86. The molecule has 16 nitrogen and oxygen atoms in total. The van der Waals surface area contributed by atoms with Crippen molar-refractivity contribution >= 4 is 37.5 Å². The summed E-state index contributed by atoms with van der Waals surface area (Å²) in [5, 5.41) is 83.2. The van der Waals surface area contributed by atoms with E-state index in [1.165, 1.54) is 0 Å². The van der Waals surface area contributed by atoms with Crippen molar-refractivity contribution < 1.29 is 79.9 Å². The Kier molecular flexibility index (Phi) is 18.8. The molecule has 0 bridgehead atoms. The van der Waals surface area contributed by atoms with Gasteiger partial charge in [-0.2, -0.15) is 0 Å². The Morgan fingerprint density at radius 3 is 0.880 bits per heavy atom. The lowest BCUT2D eigenvalue weighted by molar-refractivity contribution is -0.170. The fourth-order valence-electron chi connectivity index (χ4n) is 0.714. The van der Waals surface area contributed by atoms with E-state index >= 15 is 0 Å². The van der Waals surface area contributed by atoms with Gasteiger partial charge in [0.05, 0.1) is 12.8 Å². The Morgan fingerprint density at radius 1 is 0.640 bits per heavy atom. The molecular formula is C8H15BO16. The molecule has 0 aliphatic rings. The Balaban J connectivity index is -0.000000150. The smallest absolute Gasteiger partial charge is 0.481 e. The Morgan fingerprint density at radius 2 is 0.800 bits per heavy atom. The highest BCUT2D eigenvalue weighted by Crippen LogP contribution is 2.15. The molecule has 0 aliphatic carbocycles. The van der Waals surface area contributed by atoms with Crippen molar-refractivity contribution in [1.29, 1.82) is 0 Å². The second kappa shape index (κ2) is 15.7. The number of carboxylic acids is 3. The van der Waals surface area contributed by atoms with Crippen LogP contribution in [0, 0.1) is 0 Å². The molecule has 0 atom stereocenters. The molecule has 0 unspecified atom stereocenters. The lowest BCUT2D eigenvalue weighted by Crippen LogP contribution is -2.42. The van der Waals surface area contributed by atoms with Crippen LogP contribution in [0.2, 0.25) is 0 Å². The fraction of sp³-hybridized carbons (Fsp3) is 0.375. The summed E-state index contributed by atoms with van der Waals surface area (Å²) in [6.07, 6.45) is -5.96. The summed E-state index contributed by atoms with van der Waals surface area (Å²) in [6.45, 7) is 0. The second-order valence-corrected chi connectivity index (χ2v) is 3.39. The molecule has 0 spiro atoms. The van der Waals surface area contributed by atoms with Crippen LogP contribution in [0.15, 0.2) is 0 Å². The van der Waals surface area contributed by atoms with Gasteiger partial charge in [-0.05, 0) is 0 Å². The number of hydrogen-bond acceptors (Lipinski definition) is 9. The van der Waals surface area contributed by atoms with Crippen LogP contribution >= 0.6 is 0 Å². The van der Waals surface area contributed by atoms with Crippen LogP contribution < -0.4 is 0 Å². The molecule has 0 rings (SSSR count). The third-order valence-corrected chi connectivity index (χ3v) is 1.29. The van der Waals surface area contributed by atoms with E-state index in [0.29, 0.717) is 0 Å². The van der Waals surface area contributed by atoms with Gasteiger partial charge in [-0.1, -0.05) is 0 Å². The van der Waals surface area contributed by atoms with Crippen LogP contribution in [0.5, 0.6) is 0 Å². The SMILES string of the molecule is O=C(O)CC(O)(CC(=O)O)C(=O)O.O=C(O)O.O=C(O)O.OB(O)O. The summed E-state index contributed by atoms with van der Waals surface area (Å²) in [6, 6.07) is 0. The molecule has 146 valence electrons. The molecule has 0 aromatic heterocycles. The van der Waals surface area contributed by atoms with E-state index in [-0.39, 0.29) is 0 Å². The summed E-state index contributed by atoms with van der Waals surface area (Å²) in [5.74, 6) is -5.02. The lowest BCUT2D eigenvalue weighted by atomic mass is 9.96. The maximum absolute atomic E-state index is 10.3. The largest absolute Gasteiger partial charge is 0.631 e. The molecule has 0 radical (unpaired) electrons. The number of carboxylic acid groups (broad SMARTS) is 7. The van der Waals surface area contributed by atoms with Gasteiger partial charge in [0, 0.05) is 0 Å². The zero-order valence-electron chi connectivity index (χ0n) is 12.0. The maximum atomic E-state index is 10.3. The first-order valence-electron chi connectivity index (χ1n) is 5.25. The van der Waals surface area contributed by atoms with Crippen molar-refractivity contribution in [2.24, 2.45) is 0 Å². The normalized spacial score (nSPS) is 8.64. The second-order valence-electron chi connectivity index (χ2n) is 3.39. The first-order chi connectivity index (χ1) is 11.0. The number of hydrogen-bond donors (Lipinski definition) is 11. The van der Waals surface area contributed by atoms with E-state index in [1.807, 2.05) is 0 Å². The van der Waals surface area contributed by atoms with E-state index in [2.05, 4.69) is 0 Å². The van der Waals surface area contributed by atoms with Crippen molar-refractivity contribution in [3.63, 3.8) is 0 Å². The number of carbonyl (C=O) groups is 5. The van der Waals surface area contributed by atoms with Gasteiger partial charge in [0.25, 0.3) is 0 Å². The Labute approximate surface area is 137 Å². The van der Waals surface area contributed by atoms with Crippen LogP contribution in [0.4, 0.5) is 9.59 Å². The molecule has 0 saturated heterocycles. The van der Waals surface area contributed by atoms with Crippen molar-refractivity contribution in [2.45, 2.75) is 18.4 Å². The standard InChI is InChI=1S/C6H8O7.2CH2O3.BH3O3/c7-3(8)1-6(13,5(11)12)2-4(9)10;3*2-1(3)4/h13H,1-2H2,(H,7,8)(H,9,10)(H,11,12);2*(H2,2,3,4);2-4H. The van der Waals surface area contributed by atoms with Crippen LogP contribution in [-0.2, 0) is 14.4 Å². The summed E-state index contributed by atoms with van der Waals surface area (Å²) >= 11 is 0. The molecule has 0 aromatic carbocycles. The van der Waals surface area contributed by atoms with E-state index in [0.717, 1.165) is 0 Å². The molecule has 0 fully saturated rings. The molecule has 11 N–H and O–H groups in total. The van der Waals surface area contributed by atoms with Gasteiger partial charge < -0.3 is 55.9 Å². The van der Waals surface area contributed by atoms with Crippen molar-refractivity contribution in [2.75, 3.05) is 0 Å². The van der Waals surface area contributed by atoms with Gasteiger partial charge in [0.15, 0.2) is 5.60 Å². The van der Waals surface area contributed by atoms with Crippen LogP contribution in [0.25, 0.3) is 0 Å². The number of aliphatic hydroxyl groups is 1. The maximum Gasteiger partial charge on any atom is 0.631 e. The highest BCUT2D eigenvalue weighted by Gasteiger charge is 2.40. The third-order valence-electron chi connectivity index (χ3n) is 1.29. The highest BCUT2D eigenvalue weighted by atomic mass is 16.6. The van der Waals surface area contributed by atoms with Gasteiger partial charge in [-0.25, -0.2) is 14.4 Å². The van der Waals surface area contributed by atoms with E-state index < -0.39 is 56.0 Å². The lowest BCUT2D eigenvalue weighted by Gasteiger charge is -2.18. The third kappa shape index (κ3) is 44.9. The van der Waals surface area contributed by atoms with Crippen molar-refractivity contribution in [1.82, 2.24) is 0 Å². The molecule has 0 aromatic rings. The van der Waals surface area contributed by atoms with Gasteiger partial charge in [-0.15, -0.1) is 0 Å². The minimum absolute atomic E-state index is 1.14. The molecule has 25 heavy (non-hydrogen) atoms. The molecule has 17 heteroatoms. The van der Waals surface area contributed by atoms with Gasteiger partial charge in [0.1, 0.15) is 0 Å². The van der Waals surface area contributed by atoms with Gasteiger partial charge in [0.2, 0.25) is 0 Å². The summed E-state index contributed by atoms with van der Waals surface area (Å²) < 4.78 is 0. The average molecular weight is 378 g/mol. The first kappa shape index (κ1) is 29.8. The number of aliphatic carboxylic acids is 3. The fourth-order valence-corrected chi connectivity index (χ4v) is 0.714. The average Bonchev–Trinajstić information content (AvgIpc) is 2.22. The Hall–Kier alpha value is -3.15. The van der Waals surface area contributed by atoms with E-state index in [4.69, 9.17) is 65.5 Å². The van der Waals surface area contributed by atoms with E-state index in [9.17, 15) is 14.4 Å². The van der Waals surface area contributed by atoms with Crippen molar-refractivity contribution in [3.8, 4) is 0 Å². The topological polar surface area (TPSA) is 308 Å². The van der Waals surface area contributed by atoms with Gasteiger partial charge in [-0.3, -0.25) is 9.59 Å². The minimum atomic E-state index is -2.74. The predicted molar refractivity (Wildman–Crippen MR) is 70.8 cm³/mol. The molecule has 0 saturated carbocycles. The number of rotatable bonds is 5. The monoisotopic (exact) mass is 378 g/mol. The van der Waals surface area contributed by atoms with Gasteiger partial charge >= 0.3 is 37.5 Å². The van der Waals surface area contributed by atoms with Crippen LogP contribution in [0.1, 0.15) is 12.8 Å². The minimum Gasteiger partial charge on any atom is -0.481 e. The first-order valence-corrected chi connectivity index (χ1v) is 5.25. The summed E-state index contributed by atoms with van der Waals surface area (Å²) in [5.41, 5.74) is -2.74. The zero-order valence-corrected chi connectivity index (χ0v) is 12.0. The van der Waals surface area contributed by atoms with Crippen molar-refractivity contribution in [3.05, 3.63) is 0 Å². The summed E-state index contributed by atoms with van der Waals surface area (Å²) in [4.78, 5) is 47.6. The Bertz CT molecular complexity index is 405. The van der Waals surface area contributed by atoms with E-state index in [1.54, 1.807) is 0 Å².